The number of phenolic OH excluding ortho intramolecular Hbond substituents is 1. The molecule has 4 aromatic rings. The molecule has 5 heterocycles. The zero-order chi connectivity index (χ0) is 65.2. The minimum Gasteiger partial charge on any atom is -0.504 e. The molecular formula is C62H85N13O15S. The van der Waals surface area contributed by atoms with Crippen LogP contribution in [0.15, 0.2) is 66.7 Å². The third kappa shape index (κ3) is 16.4. The lowest BCUT2D eigenvalue weighted by Crippen LogP contribution is -2.64. The molecule has 1 aromatic heterocycles. The molecule has 5 aliphatic rings. The third-order valence-electron chi connectivity index (χ3n) is 17.8. The number of β-amino-alcohol motifs (C(OH)–C–C–N with tert-alkyl or cyclic N) is 1. The van der Waals surface area contributed by atoms with Crippen LogP contribution in [0.1, 0.15) is 81.1 Å². The second-order valence-electron chi connectivity index (χ2n) is 24.4. The minimum absolute atomic E-state index is 0.00285. The highest BCUT2D eigenvalue weighted by Crippen LogP contribution is 2.34. The quantitative estimate of drug-likeness (QED) is 0.0559. The number of nitrogens with zero attached hydrogens (tertiary/aromatic N) is 6. The van der Waals surface area contributed by atoms with Crippen LogP contribution < -0.4 is 47.7 Å². The summed E-state index contributed by atoms with van der Waals surface area (Å²) in [5.74, 6) is -8.60. The lowest BCUT2D eigenvalue weighted by Gasteiger charge is -2.41. The van der Waals surface area contributed by atoms with Crippen molar-refractivity contribution in [3.63, 3.8) is 0 Å². The molecule has 494 valence electrons. The van der Waals surface area contributed by atoms with Crippen LogP contribution in [0.2, 0.25) is 0 Å². The number of nitrogens with two attached hydrogens (primary N) is 2. The zero-order valence-electron chi connectivity index (χ0n) is 51.0. The van der Waals surface area contributed by atoms with Crippen molar-refractivity contribution >= 4 is 58.4 Å². The standard InChI is InChI=1S/C62H85N13O15S/c1-33-31-75-52(53(33)82)58(87)65-30-41(77)28-43(66-54(83)36-9-11-37(12-10-36)59-70-71-60(91-59)38-13-15-40(16-14-38)73-23-21-72(22-24-73)39-6-4-3-5-7-39)55(84)67-49(34(2)76)61(88)74-32-42(78)29-44(74)56(85)68-50(57(86)69-51(62(75)89)46(80)18-19-63)47(81)26-35-8-17-45(79)48(27-35)90-25-20-64/h8-17,27,33-34,39,41-44,46-47,49-53,76-82H,3-7,18-26,28-32,63-64H2,1-2H3,(H,65,87)(H,66,83)(H,67,84)(H,68,85)(H,69,86)/t33-,34+,41+,42+,43?,44-,46+,47+,49-,50-,51-,52-,53-/m0/s1. The van der Waals surface area contributed by atoms with Gasteiger partial charge in [0.05, 0.1) is 36.6 Å². The first kappa shape index (κ1) is 67.9. The molecule has 7 amide bonds. The number of aromatic hydroxyl groups is 1. The highest BCUT2D eigenvalue weighted by Gasteiger charge is 2.50. The first-order valence-corrected chi connectivity index (χ1v) is 32.0. The molecule has 4 aliphatic heterocycles. The number of carbonyl (C=O) groups is 7. The summed E-state index contributed by atoms with van der Waals surface area (Å²) in [5.41, 5.74) is 14.4. The lowest BCUT2D eigenvalue weighted by atomic mass is 9.94. The normalized spacial score (nSPS) is 27.3. The predicted molar refractivity (Wildman–Crippen MR) is 333 cm³/mol. The highest BCUT2D eigenvalue weighted by molar-refractivity contribution is 7.17. The fourth-order valence-corrected chi connectivity index (χ4v) is 13.5. The van der Waals surface area contributed by atoms with Gasteiger partial charge in [-0.05, 0) is 86.8 Å². The maximum Gasteiger partial charge on any atom is 0.251 e. The largest absolute Gasteiger partial charge is 0.504 e. The number of carbonyl (C=O) groups excluding carboxylic acids is 7. The van der Waals surface area contributed by atoms with Gasteiger partial charge in [0.1, 0.15) is 52.9 Å². The number of hydrogen-bond donors (Lipinski definition) is 14. The van der Waals surface area contributed by atoms with Crippen LogP contribution in [-0.4, -0.2) is 246 Å². The fraction of sp³-hybridized carbons (Fsp3) is 0.565. The average Bonchev–Trinajstić information content (AvgIpc) is 1.84. The summed E-state index contributed by atoms with van der Waals surface area (Å²) in [5, 5.41) is 102. The summed E-state index contributed by atoms with van der Waals surface area (Å²) in [7, 11) is 0. The van der Waals surface area contributed by atoms with Gasteiger partial charge in [0, 0.05) is 106 Å². The number of anilines is 1. The van der Waals surface area contributed by atoms with Gasteiger partial charge in [0.25, 0.3) is 5.91 Å². The molecule has 1 aliphatic carbocycles. The number of ether oxygens (including phenoxy) is 1. The second kappa shape index (κ2) is 30.8. The summed E-state index contributed by atoms with van der Waals surface area (Å²) in [6.07, 6.45) is -5.29. The van der Waals surface area contributed by atoms with Crippen LogP contribution in [0.25, 0.3) is 21.1 Å². The zero-order valence-corrected chi connectivity index (χ0v) is 51.8. The monoisotopic (exact) mass is 1280 g/mol. The van der Waals surface area contributed by atoms with Crippen molar-refractivity contribution in [2.45, 2.75) is 151 Å². The average molecular weight is 1280 g/mol. The van der Waals surface area contributed by atoms with Crippen LogP contribution in [-0.2, 0) is 35.2 Å². The molecule has 0 radical (unpaired) electrons. The number of aromatic nitrogens is 2. The Hall–Kier alpha value is -7.45. The van der Waals surface area contributed by atoms with Gasteiger partial charge in [0.15, 0.2) is 11.5 Å². The minimum atomic E-state index is -2.04. The van der Waals surface area contributed by atoms with Gasteiger partial charge in [-0.1, -0.05) is 55.7 Å². The van der Waals surface area contributed by atoms with Crippen LogP contribution in [0.4, 0.5) is 5.69 Å². The first-order chi connectivity index (χ1) is 43.6. The maximum absolute atomic E-state index is 14.7. The van der Waals surface area contributed by atoms with Crippen molar-refractivity contribution in [2.75, 3.05) is 70.4 Å². The van der Waals surface area contributed by atoms with Gasteiger partial charge < -0.3 is 93.2 Å². The van der Waals surface area contributed by atoms with E-state index in [1.165, 1.54) is 80.7 Å². The second-order valence-corrected chi connectivity index (χ2v) is 25.3. The van der Waals surface area contributed by atoms with E-state index in [4.69, 9.17) is 16.2 Å². The van der Waals surface area contributed by atoms with Crippen molar-refractivity contribution in [2.24, 2.45) is 17.4 Å². The molecule has 5 fully saturated rings. The molecule has 1 unspecified atom stereocenters. The van der Waals surface area contributed by atoms with Crippen molar-refractivity contribution in [3.05, 3.63) is 77.9 Å². The Morgan fingerprint density at radius 2 is 1.36 bits per heavy atom. The van der Waals surface area contributed by atoms with Gasteiger partial charge in [-0.2, -0.15) is 0 Å². The van der Waals surface area contributed by atoms with Gasteiger partial charge in [-0.15, -0.1) is 10.2 Å². The van der Waals surface area contributed by atoms with Gasteiger partial charge in [-0.3, -0.25) is 38.5 Å². The van der Waals surface area contributed by atoms with E-state index in [0.717, 1.165) is 54.2 Å². The molecule has 16 N–H and O–H groups in total. The molecule has 91 heavy (non-hydrogen) atoms. The SMILES string of the molecule is C[C@@H](O)[C@@H]1NC(=O)C(NC(=O)c2ccc(-c3nnc(-c4ccc(N5CCN(C6CCCCC6)CC5)cc4)s3)cc2)C[C@@H](O)CNC(=O)[C@@H]2[C@@H](O)[C@@H](C)CN2C(=O)[C@H]([C@H](O)CCN)NC(=O)[C@H]([C@H](O)Cc2ccc(O)c(OCCN)c2)NC(=O)[C@@H]2C[C@@H](O)CN2C1=O. The Morgan fingerprint density at radius 3 is 2.01 bits per heavy atom. The molecule has 0 bridgehead atoms. The smallest absolute Gasteiger partial charge is 0.251 e. The molecule has 3 aromatic carbocycles. The van der Waals surface area contributed by atoms with E-state index in [1.807, 2.05) is 12.1 Å². The Bertz CT molecular complexity index is 3180. The predicted octanol–water partition coefficient (Wildman–Crippen LogP) is -2.33. The first-order valence-electron chi connectivity index (χ1n) is 31.2. The van der Waals surface area contributed by atoms with Gasteiger partial charge in [0.2, 0.25) is 35.4 Å². The van der Waals surface area contributed by atoms with Crippen molar-refractivity contribution in [1.29, 1.82) is 0 Å². The molecule has 4 saturated heterocycles. The van der Waals surface area contributed by atoms with E-state index in [-0.39, 0.29) is 55.3 Å². The summed E-state index contributed by atoms with van der Waals surface area (Å²) in [6.45, 7) is 5.11. The number of amides is 7. The number of piperazine rings is 1. The number of rotatable bonds is 16. The topological polar surface area (TPSA) is 421 Å². The molecule has 28 nitrogen and oxygen atoms in total. The van der Waals surface area contributed by atoms with Crippen LogP contribution in [0.5, 0.6) is 11.5 Å². The number of fused-ring (bicyclic) bond motifs is 2. The summed E-state index contributed by atoms with van der Waals surface area (Å²) >= 11 is 1.35. The van der Waals surface area contributed by atoms with E-state index in [0.29, 0.717) is 21.6 Å². The van der Waals surface area contributed by atoms with Crippen molar-refractivity contribution in [3.8, 4) is 32.6 Å². The number of aliphatic hydroxyl groups excluding tert-OH is 6. The van der Waals surface area contributed by atoms with E-state index < -0.39 is 152 Å². The van der Waals surface area contributed by atoms with Crippen LogP contribution in [0, 0.1) is 5.92 Å². The van der Waals surface area contributed by atoms with E-state index >= 15 is 0 Å². The summed E-state index contributed by atoms with van der Waals surface area (Å²) in [6, 6.07) is 8.27. The Kier molecular flexibility index (Phi) is 23.0. The third-order valence-corrected chi connectivity index (χ3v) is 18.8. The highest BCUT2D eigenvalue weighted by atomic mass is 32.1. The summed E-state index contributed by atoms with van der Waals surface area (Å²) in [4.78, 5) is 108. The maximum atomic E-state index is 14.7. The van der Waals surface area contributed by atoms with E-state index in [2.05, 4.69) is 58.7 Å². The Balaban J connectivity index is 0.955. The Labute approximate surface area is 530 Å². The number of nitrogens with one attached hydrogen (secondary N) is 5. The molecule has 9 rings (SSSR count). The van der Waals surface area contributed by atoms with E-state index in [1.54, 1.807) is 12.1 Å². The van der Waals surface area contributed by atoms with Crippen LogP contribution in [0.3, 0.4) is 0 Å². The number of aliphatic hydroxyl groups is 6. The molecule has 0 spiro atoms. The Morgan fingerprint density at radius 1 is 0.725 bits per heavy atom. The van der Waals surface area contributed by atoms with Crippen LogP contribution >= 0.6 is 11.3 Å². The van der Waals surface area contributed by atoms with Crippen molar-refractivity contribution < 1.29 is 74.0 Å². The number of phenols is 1. The van der Waals surface area contributed by atoms with Gasteiger partial charge >= 0.3 is 0 Å². The van der Waals surface area contributed by atoms with Gasteiger partial charge in [-0.25, -0.2) is 0 Å². The molecule has 29 heteroatoms. The van der Waals surface area contributed by atoms with Crippen molar-refractivity contribution in [1.82, 2.24) is 51.5 Å². The summed E-state index contributed by atoms with van der Waals surface area (Å²) < 4.78 is 5.52. The van der Waals surface area contributed by atoms with E-state index in [9.17, 15) is 69.3 Å². The fourth-order valence-electron chi connectivity index (χ4n) is 12.7. The molecular weight excluding hydrogens is 1200 g/mol. The number of benzene rings is 3. The lowest BCUT2D eigenvalue weighted by molar-refractivity contribution is -0.147. The number of hydrogen-bond acceptors (Lipinski definition) is 22. The molecule has 1 saturated carbocycles. The molecule has 13 atom stereocenters.